The van der Waals surface area contributed by atoms with E-state index in [9.17, 15) is 33.0 Å². The minimum atomic E-state index is -4.64. The second kappa shape index (κ2) is 20.9. The van der Waals surface area contributed by atoms with Crippen LogP contribution in [0.4, 0.5) is 13.2 Å². The van der Waals surface area contributed by atoms with Gasteiger partial charge in [-0.2, -0.15) is 13.2 Å². The van der Waals surface area contributed by atoms with Crippen LogP contribution < -0.4 is 4.74 Å². The number of carbonyl (C=O) groups is 3. The van der Waals surface area contributed by atoms with E-state index >= 15 is 0 Å². The van der Waals surface area contributed by atoms with E-state index in [2.05, 4.69) is 18.9 Å². The van der Waals surface area contributed by atoms with Crippen molar-refractivity contribution in [3.05, 3.63) is 71.0 Å². The molecule has 2 aromatic carbocycles. The number of rotatable bonds is 20. The Bertz CT molecular complexity index is 1700. The molecule has 6 rings (SSSR count). The fourth-order valence-electron chi connectivity index (χ4n) is 9.57. The predicted molar refractivity (Wildman–Crippen MR) is 214 cm³/mol. The van der Waals surface area contributed by atoms with Crippen LogP contribution in [0, 0.1) is 0 Å². The van der Waals surface area contributed by atoms with Crippen LogP contribution in [-0.4, -0.2) is 70.9 Å². The average molecular weight is 814 g/mol. The number of likely N-dealkylation sites (N-methyl/N-ethyl adjacent to an activating group) is 1. The number of carbonyl (C=O) groups excluding carboxylic acids is 3. The normalized spacial score (nSPS) is 23.6. The van der Waals surface area contributed by atoms with Gasteiger partial charge >= 0.3 is 18.1 Å². The topological polar surface area (TPSA) is 123 Å². The molecular weight excluding hydrogens is 751 g/mol. The van der Waals surface area contributed by atoms with Gasteiger partial charge in [-0.25, -0.2) is 4.79 Å². The molecule has 1 spiro atoms. The number of aldehydes is 1. The van der Waals surface area contributed by atoms with E-state index in [1.165, 1.54) is 77.0 Å². The van der Waals surface area contributed by atoms with Crippen molar-refractivity contribution in [1.29, 1.82) is 0 Å². The molecule has 2 bridgehead atoms. The Morgan fingerprint density at radius 2 is 1.52 bits per heavy atom. The summed E-state index contributed by atoms with van der Waals surface area (Å²) < 4.78 is 49.8. The average Bonchev–Trinajstić information content (AvgIpc) is 3.55. The maximum atomic E-state index is 14.0. The van der Waals surface area contributed by atoms with Crippen molar-refractivity contribution in [2.45, 2.75) is 171 Å². The molecule has 320 valence electrons. The minimum Gasteiger partial charge on any atom is -0.504 e. The predicted octanol–water partition coefficient (Wildman–Crippen LogP) is 9.90. The van der Waals surface area contributed by atoms with Crippen LogP contribution in [0.5, 0.6) is 11.5 Å². The lowest BCUT2D eigenvalue weighted by molar-refractivity contribution is -0.169. The highest BCUT2D eigenvalue weighted by atomic mass is 19.4. The van der Waals surface area contributed by atoms with E-state index in [4.69, 9.17) is 19.0 Å². The second-order valence-electron chi connectivity index (χ2n) is 16.5. The number of phenolic OH excluding ortho intramolecular Hbond substituents is 1. The number of aliphatic hydroxyl groups is 1. The van der Waals surface area contributed by atoms with Crippen LogP contribution in [-0.2, 0) is 35.7 Å². The number of likely N-dealkylation sites (tertiary alicyclic amines) is 1. The summed E-state index contributed by atoms with van der Waals surface area (Å²) in [7, 11) is 2.05. The third-order valence-electron chi connectivity index (χ3n) is 12.5. The van der Waals surface area contributed by atoms with Crippen LogP contribution in [0.15, 0.2) is 54.3 Å². The Morgan fingerprint density at radius 1 is 0.931 bits per heavy atom. The molecule has 1 fully saturated rings. The Hall–Kier alpha value is -3.90. The number of ether oxygens (including phenoxy) is 3. The van der Waals surface area contributed by atoms with Gasteiger partial charge in [0.15, 0.2) is 17.6 Å². The number of esters is 2. The van der Waals surface area contributed by atoms with Crippen LogP contribution in [0.3, 0.4) is 0 Å². The van der Waals surface area contributed by atoms with Gasteiger partial charge < -0.3 is 29.3 Å². The molecule has 2 aromatic rings. The SMILES string of the molecule is CCCCCCCCCCCCCCCCCC(=O)O[C@H](C(=O)OC1=CC[C@@]2(O)[C@H]3Cc4ccc(O)c5c4[C@@]2(CCCN3C)[C@H]1O5)c1ccccc1.O=CC(F)(F)F. The Morgan fingerprint density at radius 3 is 2.10 bits per heavy atom. The Kier molecular flexibility index (Phi) is 16.3. The monoisotopic (exact) mass is 813 g/mol. The summed E-state index contributed by atoms with van der Waals surface area (Å²) >= 11 is 0. The third-order valence-corrected chi connectivity index (χ3v) is 12.5. The standard InChI is InChI=1S/C44H61NO7.C2HF3O/c1-3-4-5-6-7-8-9-10-11-12-13-14-15-16-20-24-37(47)51-39(32-22-18-17-19-23-32)42(48)50-35-27-29-44(49)36-31-33-25-26-34(46)40-38(33)43(44,41(35)52-40)28-21-30-45(36)2;3-2(4,5)1-6/h17-19,22-23,25-27,36,39,41,46,49H,3-16,20-21,24,28-31H2,1-2H3;1H/t36-,39+,41+,43+,44-;/m1./s1. The quantitative estimate of drug-likeness (QED) is 0.0764. The van der Waals surface area contributed by atoms with E-state index < -0.39 is 47.6 Å². The van der Waals surface area contributed by atoms with E-state index in [0.29, 0.717) is 29.9 Å². The first-order valence-corrected chi connectivity index (χ1v) is 21.5. The first kappa shape index (κ1) is 45.2. The van der Waals surface area contributed by atoms with Crippen LogP contribution in [0.1, 0.15) is 152 Å². The number of nitrogens with zero attached hydrogens (tertiary/aromatic N) is 1. The van der Waals surface area contributed by atoms with Crippen molar-refractivity contribution in [3.63, 3.8) is 0 Å². The zero-order valence-corrected chi connectivity index (χ0v) is 34.2. The first-order valence-electron chi connectivity index (χ1n) is 21.5. The van der Waals surface area contributed by atoms with Crippen LogP contribution in [0.2, 0.25) is 0 Å². The molecule has 0 unspecified atom stereocenters. The zero-order chi connectivity index (χ0) is 41.8. The molecular formula is C46H62F3NO8. The second-order valence-corrected chi connectivity index (χ2v) is 16.5. The van der Waals surface area contributed by atoms with E-state index in [-0.39, 0.29) is 24.6 Å². The lowest BCUT2D eigenvalue weighted by Crippen LogP contribution is -2.69. The van der Waals surface area contributed by atoms with Crippen molar-refractivity contribution in [2.75, 3.05) is 13.6 Å². The lowest BCUT2D eigenvalue weighted by atomic mass is 9.52. The molecule has 12 heteroatoms. The molecule has 58 heavy (non-hydrogen) atoms. The van der Waals surface area contributed by atoms with Gasteiger partial charge in [0, 0.05) is 30.0 Å². The fourth-order valence-corrected chi connectivity index (χ4v) is 9.57. The van der Waals surface area contributed by atoms with Crippen molar-refractivity contribution in [3.8, 4) is 11.5 Å². The van der Waals surface area contributed by atoms with Crippen LogP contribution in [0.25, 0.3) is 0 Å². The van der Waals surface area contributed by atoms with Gasteiger partial charge in [0.05, 0.1) is 11.0 Å². The summed E-state index contributed by atoms with van der Waals surface area (Å²) in [5, 5.41) is 23.5. The van der Waals surface area contributed by atoms with Gasteiger partial charge in [0.25, 0.3) is 0 Å². The maximum absolute atomic E-state index is 14.0. The van der Waals surface area contributed by atoms with Crippen LogP contribution >= 0.6 is 0 Å². The van der Waals surface area contributed by atoms with Gasteiger partial charge in [0.1, 0.15) is 5.76 Å². The third kappa shape index (κ3) is 10.6. The number of unbranched alkanes of at least 4 members (excludes halogenated alkanes) is 14. The summed E-state index contributed by atoms with van der Waals surface area (Å²) in [6, 6.07) is 12.4. The summed E-state index contributed by atoms with van der Waals surface area (Å²) in [4.78, 5) is 38.1. The number of aromatic hydroxyl groups is 1. The molecule has 1 saturated heterocycles. The van der Waals surface area contributed by atoms with Gasteiger partial charge in [0.2, 0.25) is 12.4 Å². The van der Waals surface area contributed by atoms with Crippen molar-refractivity contribution >= 4 is 18.2 Å². The minimum absolute atomic E-state index is 0.0153. The summed E-state index contributed by atoms with van der Waals surface area (Å²) in [6.45, 7) is 3.08. The van der Waals surface area contributed by atoms with Crippen molar-refractivity contribution in [1.82, 2.24) is 4.90 Å². The highest BCUT2D eigenvalue weighted by Gasteiger charge is 2.71. The number of phenols is 1. The van der Waals surface area contributed by atoms with E-state index in [0.717, 1.165) is 43.4 Å². The summed E-state index contributed by atoms with van der Waals surface area (Å²) in [5.74, 6) is -0.456. The maximum Gasteiger partial charge on any atom is 0.446 e. The number of benzene rings is 2. The van der Waals surface area contributed by atoms with Gasteiger partial charge in [-0.15, -0.1) is 0 Å². The molecule has 5 atom stereocenters. The molecule has 0 saturated carbocycles. The van der Waals surface area contributed by atoms with Gasteiger partial charge in [-0.3, -0.25) is 9.59 Å². The number of hydrogen-bond acceptors (Lipinski definition) is 9. The number of alkyl halides is 3. The first-order chi connectivity index (χ1) is 27.9. The van der Waals surface area contributed by atoms with E-state index in [1.54, 1.807) is 24.3 Å². The largest absolute Gasteiger partial charge is 0.504 e. The van der Waals surface area contributed by atoms with Crippen molar-refractivity contribution < 1.29 is 52.0 Å². The molecule has 9 nitrogen and oxygen atoms in total. The molecule has 4 aliphatic rings. The number of halogens is 3. The highest BCUT2D eigenvalue weighted by Crippen LogP contribution is 2.65. The highest BCUT2D eigenvalue weighted by molar-refractivity contribution is 5.82. The fraction of sp³-hybridized carbons (Fsp3) is 0.630. The zero-order valence-electron chi connectivity index (χ0n) is 34.2. The molecule has 0 amide bonds. The smallest absolute Gasteiger partial charge is 0.446 e. The lowest BCUT2D eigenvalue weighted by Gasteiger charge is -2.56. The van der Waals surface area contributed by atoms with Crippen molar-refractivity contribution in [2.24, 2.45) is 0 Å². The molecule has 0 radical (unpaired) electrons. The molecule has 2 aliphatic heterocycles. The molecule has 2 aliphatic carbocycles. The number of hydrogen-bond donors (Lipinski definition) is 2. The Labute approximate surface area is 341 Å². The molecule has 2 N–H and O–H groups in total. The summed E-state index contributed by atoms with van der Waals surface area (Å²) in [5.41, 5.74) is 0.348. The Balaban J connectivity index is 0.000000992. The summed E-state index contributed by atoms with van der Waals surface area (Å²) in [6.07, 6.45) is 15.3. The van der Waals surface area contributed by atoms with Gasteiger partial charge in [-0.1, -0.05) is 133 Å². The van der Waals surface area contributed by atoms with E-state index in [1.807, 2.05) is 24.3 Å². The van der Waals surface area contributed by atoms with Gasteiger partial charge in [-0.05, 0) is 57.0 Å². The molecule has 2 heterocycles. The molecule has 0 aromatic heterocycles.